The third-order valence-corrected chi connectivity index (χ3v) is 16.2. The van der Waals surface area contributed by atoms with Gasteiger partial charge in [0.2, 0.25) is 0 Å². The van der Waals surface area contributed by atoms with Gasteiger partial charge >= 0.3 is 11.9 Å². The molecule has 0 saturated heterocycles. The van der Waals surface area contributed by atoms with Crippen molar-refractivity contribution in [3.8, 4) is 6.07 Å². The van der Waals surface area contributed by atoms with Crippen molar-refractivity contribution in [1.29, 1.82) is 5.26 Å². The van der Waals surface area contributed by atoms with Gasteiger partial charge in [-0.15, -0.1) is 0 Å². The van der Waals surface area contributed by atoms with Crippen molar-refractivity contribution in [1.82, 2.24) is 0 Å². The van der Waals surface area contributed by atoms with Gasteiger partial charge in [0, 0.05) is 0 Å². The molecule has 0 radical (unpaired) electrons. The Balaban J connectivity index is 1.24. The average Bonchev–Trinajstić information content (AvgIpc) is 3.19. The largest absolute Gasteiger partial charge is 0.471 e. The van der Waals surface area contributed by atoms with Gasteiger partial charge in [-0.05, 0) is 96.7 Å². The predicted octanol–water partition coefficient (Wildman–Crippen LogP) is 10.8. The zero-order chi connectivity index (χ0) is 39.5. The highest BCUT2D eigenvalue weighted by Gasteiger charge is 2.32. The van der Waals surface area contributed by atoms with E-state index in [0.717, 1.165) is 45.5 Å². The van der Waals surface area contributed by atoms with Crippen LogP contribution in [0, 0.1) is 17.9 Å². The minimum atomic E-state index is -2.12. The first-order valence-corrected chi connectivity index (χ1v) is 24.6. The molecule has 0 fully saturated rings. The molecular weight excluding hydrogens is 717 g/mol. The van der Waals surface area contributed by atoms with Crippen LogP contribution in [0.2, 0.25) is 38.3 Å². The van der Waals surface area contributed by atoms with Crippen molar-refractivity contribution < 1.29 is 23.2 Å². The highest BCUT2D eigenvalue weighted by molar-refractivity contribution is 6.84. The van der Waals surface area contributed by atoms with E-state index in [9.17, 15) is 14.9 Å². The van der Waals surface area contributed by atoms with Gasteiger partial charge in [-0.25, -0.2) is 9.64 Å². The van der Waals surface area contributed by atoms with Gasteiger partial charge in [0.25, 0.3) is 5.70 Å². The second-order valence-corrected chi connectivity index (χ2v) is 22.9. The second-order valence-electron chi connectivity index (χ2n) is 14.1. The van der Waals surface area contributed by atoms with Crippen LogP contribution in [0.4, 0.5) is 0 Å². The zero-order valence-electron chi connectivity index (χ0n) is 32.0. The van der Waals surface area contributed by atoms with Crippen LogP contribution in [0.5, 0.6) is 0 Å². The summed E-state index contributed by atoms with van der Waals surface area (Å²) in [7, 11) is -4.23. The van der Waals surface area contributed by atoms with Crippen molar-refractivity contribution >= 4 is 39.7 Å². The Morgan fingerprint density at radius 3 is 1.33 bits per heavy atom. The predicted molar refractivity (Wildman–Crippen MR) is 225 cm³/mol. The van der Waals surface area contributed by atoms with E-state index < -0.39 is 28.6 Å². The smallest absolute Gasteiger partial charge is 0.348 e. The number of nitriles is 1. The monoisotopic (exact) mass is 764 g/mol. The maximum absolute atomic E-state index is 12.8. The average molecular weight is 765 g/mol. The molecule has 0 aliphatic carbocycles. The maximum atomic E-state index is 12.8. The number of allylic oxidation sites excluding steroid dienone is 4. The first-order valence-electron chi connectivity index (χ1n) is 18.4. The summed E-state index contributed by atoms with van der Waals surface area (Å²) in [6.45, 7) is 16.6. The number of hydrogen-bond donors (Lipinski definition) is 0. The summed E-state index contributed by atoms with van der Waals surface area (Å²) in [6, 6.07) is 42.9. The van der Waals surface area contributed by atoms with Gasteiger partial charge in [0.15, 0.2) is 16.6 Å². The molecule has 0 atom stereocenters. The molecule has 0 N–H and O–H groups in total. The number of rotatable bonds is 18. The number of ether oxygens (including phenoxy) is 2. The number of carbonyl (C=O) groups is 2. The van der Waals surface area contributed by atoms with Crippen LogP contribution in [0.1, 0.15) is 35.1 Å². The summed E-state index contributed by atoms with van der Waals surface area (Å²) in [5, 5.41) is 9.74. The molecule has 0 heterocycles. The molecule has 7 nitrogen and oxygen atoms in total. The third-order valence-electron chi connectivity index (χ3n) is 8.70. The fourth-order valence-corrected chi connectivity index (χ4v) is 14.9. The summed E-state index contributed by atoms with van der Waals surface area (Å²) >= 11 is 0. The van der Waals surface area contributed by atoms with E-state index in [1.807, 2.05) is 127 Å². The van der Waals surface area contributed by atoms with Crippen LogP contribution in [0.25, 0.3) is 16.0 Å². The Labute approximate surface area is 328 Å². The number of nitrogens with zero attached hydrogens (tertiary/aromatic N) is 2. The lowest BCUT2D eigenvalue weighted by Gasteiger charge is -2.34. The lowest BCUT2D eigenvalue weighted by atomic mass is 9.97. The molecule has 0 unspecified atom stereocenters. The minimum Gasteiger partial charge on any atom is -0.471 e. The fraction of sp³-hybridized carbons (Fsp3) is 0.217. The standard InChI is InChI=1S/C46H48N2O5Si2/c1-48-44(31-30-43(39-24-14-8-15-25-39)40-26-16-9-17-27-40)46(50)52-33-19-35-55(4,5)53-54(2,3)34-18-32-51-45(49)41(36-47)28-29-42(37-20-10-6-11-21-37)38-22-12-7-13-23-38/h6-17,20-31H,18-19,32-35H2,2-5H3/b41-28-,44-31-. The number of benzene rings is 4. The molecule has 0 aliphatic rings. The summed E-state index contributed by atoms with van der Waals surface area (Å²) in [5.74, 6) is -1.29. The van der Waals surface area contributed by atoms with Gasteiger partial charge < -0.3 is 13.6 Å². The van der Waals surface area contributed by atoms with Crippen molar-refractivity contribution in [3.05, 3.63) is 191 Å². The highest BCUT2D eigenvalue weighted by Crippen LogP contribution is 2.26. The third kappa shape index (κ3) is 13.8. The first-order chi connectivity index (χ1) is 26.5. The van der Waals surface area contributed by atoms with Crippen molar-refractivity contribution in [3.63, 3.8) is 0 Å². The molecule has 4 rings (SSSR count). The van der Waals surface area contributed by atoms with E-state index in [0.29, 0.717) is 12.8 Å². The van der Waals surface area contributed by atoms with Gasteiger partial charge in [0.1, 0.15) is 11.6 Å². The van der Waals surface area contributed by atoms with E-state index in [1.165, 1.54) is 12.2 Å². The Hall–Kier alpha value is -5.85. The summed E-state index contributed by atoms with van der Waals surface area (Å²) < 4.78 is 17.8. The van der Waals surface area contributed by atoms with Crippen LogP contribution in [0.3, 0.4) is 0 Å². The lowest BCUT2D eigenvalue weighted by Crippen LogP contribution is -2.44. The SMILES string of the molecule is [C-]#[N+]/C(=C\C=C(c1ccccc1)c1ccccc1)C(=O)OCCC[Si](C)(C)O[Si](C)(C)CCCOC(=O)/C(C#N)=C\C=C(c1ccccc1)c1ccccc1. The molecule has 0 aliphatic heterocycles. The molecule has 0 bridgehead atoms. The second kappa shape index (κ2) is 21.1. The van der Waals surface area contributed by atoms with Crippen molar-refractivity contribution in [2.45, 2.75) is 51.1 Å². The molecule has 9 heteroatoms. The van der Waals surface area contributed by atoms with Gasteiger partial charge in [-0.3, -0.25) is 4.79 Å². The topological polar surface area (TPSA) is 90.0 Å². The fourth-order valence-electron chi connectivity index (χ4n) is 6.15. The Bertz CT molecular complexity index is 1840. The van der Waals surface area contributed by atoms with Gasteiger partial charge in [0.05, 0.1) is 19.8 Å². The van der Waals surface area contributed by atoms with E-state index in [1.54, 1.807) is 12.2 Å². The number of hydrogen-bond acceptors (Lipinski definition) is 6. The van der Waals surface area contributed by atoms with Crippen LogP contribution in [-0.2, 0) is 23.2 Å². The summed E-state index contributed by atoms with van der Waals surface area (Å²) in [4.78, 5) is 29.1. The zero-order valence-corrected chi connectivity index (χ0v) is 34.0. The number of esters is 2. The Kier molecular flexibility index (Phi) is 16.1. The molecule has 0 spiro atoms. The summed E-state index contributed by atoms with van der Waals surface area (Å²) in [6.07, 6.45) is 7.88. The van der Waals surface area contributed by atoms with Gasteiger partial charge in [-0.2, -0.15) is 5.26 Å². The van der Waals surface area contributed by atoms with E-state index in [4.69, 9.17) is 20.2 Å². The molecule has 280 valence electrons. The Morgan fingerprint density at radius 1 is 0.600 bits per heavy atom. The Morgan fingerprint density at radius 2 is 0.964 bits per heavy atom. The quantitative estimate of drug-likeness (QED) is 0.0191. The molecule has 0 aromatic heterocycles. The molecular formula is C46H48N2O5Si2. The number of carbonyl (C=O) groups excluding carboxylic acids is 2. The van der Waals surface area contributed by atoms with E-state index >= 15 is 0 Å². The lowest BCUT2D eigenvalue weighted by molar-refractivity contribution is -0.139. The van der Waals surface area contributed by atoms with E-state index in [2.05, 4.69) is 31.0 Å². The normalized spacial score (nSPS) is 11.7. The van der Waals surface area contributed by atoms with E-state index in [-0.39, 0.29) is 24.5 Å². The summed E-state index contributed by atoms with van der Waals surface area (Å²) in [5.41, 5.74) is 5.56. The minimum absolute atomic E-state index is 0.0639. The first kappa shape index (κ1) is 41.9. The van der Waals surface area contributed by atoms with Crippen LogP contribution in [-0.4, -0.2) is 41.8 Å². The molecule has 0 saturated carbocycles. The molecule has 0 amide bonds. The molecule has 4 aromatic rings. The molecule has 4 aromatic carbocycles. The van der Waals surface area contributed by atoms with Crippen LogP contribution < -0.4 is 0 Å². The molecule has 55 heavy (non-hydrogen) atoms. The van der Waals surface area contributed by atoms with Crippen LogP contribution >= 0.6 is 0 Å². The maximum Gasteiger partial charge on any atom is 0.348 e. The van der Waals surface area contributed by atoms with Crippen LogP contribution in [0.15, 0.2) is 157 Å². The van der Waals surface area contributed by atoms with Crippen molar-refractivity contribution in [2.24, 2.45) is 0 Å². The highest BCUT2D eigenvalue weighted by atomic mass is 28.4. The van der Waals surface area contributed by atoms with Crippen molar-refractivity contribution in [2.75, 3.05) is 13.2 Å². The van der Waals surface area contributed by atoms with Gasteiger partial charge in [-0.1, -0.05) is 133 Å².